The molecule has 1 heterocycles. The Labute approximate surface area is 166 Å². The summed E-state index contributed by atoms with van der Waals surface area (Å²) in [6.07, 6.45) is 6.56. The average molecular weight is 386 g/mol. The Morgan fingerprint density at radius 1 is 1.39 bits per heavy atom. The summed E-state index contributed by atoms with van der Waals surface area (Å²) in [6, 6.07) is 7.89. The molecule has 0 radical (unpaired) electrons. The number of ether oxygens (including phenoxy) is 1. The topological polar surface area (TPSA) is 78.9 Å². The third-order valence-electron chi connectivity index (χ3n) is 4.85. The van der Waals surface area contributed by atoms with E-state index in [0.29, 0.717) is 25.8 Å². The van der Waals surface area contributed by atoms with Crippen LogP contribution in [0.5, 0.6) is 0 Å². The van der Waals surface area contributed by atoms with Gasteiger partial charge in [-0.2, -0.15) is 0 Å². The number of nitrogens with one attached hydrogen (secondary N) is 1. The van der Waals surface area contributed by atoms with Crippen LogP contribution in [0.1, 0.15) is 57.7 Å². The fourth-order valence-electron chi connectivity index (χ4n) is 3.37. The van der Waals surface area contributed by atoms with E-state index >= 15 is 0 Å². The lowest BCUT2D eigenvalue weighted by molar-refractivity contribution is -0.108. The SMILES string of the molecule is C/C=C(\C=C/NC=O)c1ccc(C(C)N2CCC(CC(C)(C)O)OC2=O)cc1. The number of allylic oxidation sites excluding steroid dienone is 3. The minimum atomic E-state index is -0.852. The summed E-state index contributed by atoms with van der Waals surface area (Å²) >= 11 is 0. The minimum absolute atomic E-state index is 0.106. The van der Waals surface area contributed by atoms with Crippen molar-refractivity contribution >= 4 is 18.1 Å². The first-order valence-electron chi connectivity index (χ1n) is 9.57. The lowest BCUT2D eigenvalue weighted by Crippen LogP contribution is -2.45. The van der Waals surface area contributed by atoms with Gasteiger partial charge in [-0.25, -0.2) is 4.79 Å². The van der Waals surface area contributed by atoms with Crippen molar-refractivity contribution in [2.24, 2.45) is 0 Å². The zero-order chi connectivity index (χ0) is 20.7. The molecule has 1 aromatic carbocycles. The fraction of sp³-hybridized carbons (Fsp3) is 0.455. The highest BCUT2D eigenvalue weighted by Gasteiger charge is 2.33. The van der Waals surface area contributed by atoms with Gasteiger partial charge in [0.15, 0.2) is 0 Å². The molecule has 1 fully saturated rings. The molecule has 0 aromatic heterocycles. The lowest BCUT2D eigenvalue weighted by Gasteiger charge is -2.37. The second-order valence-electron chi connectivity index (χ2n) is 7.66. The van der Waals surface area contributed by atoms with Gasteiger partial charge in [0.25, 0.3) is 0 Å². The smallest absolute Gasteiger partial charge is 0.410 e. The second-order valence-corrected chi connectivity index (χ2v) is 7.66. The Bertz CT molecular complexity index is 732. The van der Waals surface area contributed by atoms with E-state index in [2.05, 4.69) is 5.32 Å². The standard InChI is InChI=1S/C22H30N2O4/c1-5-17(10-12-23-15-25)19-8-6-18(7-9-19)16(2)24-13-11-20(28-21(24)26)14-22(3,4)27/h5-10,12,15-16,20,27H,11,13-14H2,1-4H3,(H,23,25)/b12-10-,17-5+. The molecule has 1 saturated heterocycles. The van der Waals surface area contributed by atoms with Crippen molar-refractivity contribution in [3.8, 4) is 0 Å². The second kappa shape index (κ2) is 9.55. The maximum Gasteiger partial charge on any atom is 0.410 e. The maximum absolute atomic E-state index is 12.4. The lowest BCUT2D eigenvalue weighted by atomic mass is 9.97. The average Bonchev–Trinajstić information content (AvgIpc) is 2.64. The summed E-state index contributed by atoms with van der Waals surface area (Å²) in [5, 5.41) is 12.4. The summed E-state index contributed by atoms with van der Waals surface area (Å²) in [5.74, 6) is 0. The molecule has 2 atom stereocenters. The summed E-state index contributed by atoms with van der Waals surface area (Å²) in [6.45, 7) is 7.96. The highest BCUT2D eigenvalue weighted by atomic mass is 16.6. The number of amides is 2. The Balaban J connectivity index is 2.04. The largest absolute Gasteiger partial charge is 0.446 e. The van der Waals surface area contributed by atoms with E-state index in [9.17, 15) is 14.7 Å². The van der Waals surface area contributed by atoms with Gasteiger partial charge in [-0.05, 0) is 50.5 Å². The molecule has 2 amide bonds. The highest BCUT2D eigenvalue weighted by molar-refractivity contribution is 5.74. The number of rotatable bonds is 8. The number of hydrogen-bond donors (Lipinski definition) is 2. The molecule has 0 bridgehead atoms. The van der Waals surface area contributed by atoms with Crippen molar-refractivity contribution in [1.29, 1.82) is 0 Å². The first kappa shape index (κ1) is 21.7. The van der Waals surface area contributed by atoms with Crippen molar-refractivity contribution in [2.75, 3.05) is 6.54 Å². The van der Waals surface area contributed by atoms with Crippen LogP contribution >= 0.6 is 0 Å². The first-order valence-corrected chi connectivity index (χ1v) is 9.57. The number of aliphatic hydroxyl groups is 1. The number of hydrogen-bond acceptors (Lipinski definition) is 4. The highest BCUT2D eigenvalue weighted by Crippen LogP contribution is 2.29. The van der Waals surface area contributed by atoms with Crippen LogP contribution in [0.25, 0.3) is 5.57 Å². The molecule has 1 aromatic rings. The predicted molar refractivity (Wildman–Crippen MR) is 109 cm³/mol. The first-order chi connectivity index (χ1) is 13.2. The van der Waals surface area contributed by atoms with E-state index < -0.39 is 5.60 Å². The molecule has 6 heteroatoms. The molecule has 2 unspecified atom stereocenters. The molecule has 6 nitrogen and oxygen atoms in total. The number of cyclic esters (lactones) is 1. The summed E-state index contributed by atoms with van der Waals surface area (Å²) in [5.41, 5.74) is 2.18. The molecule has 2 rings (SSSR count). The molecule has 1 aliphatic heterocycles. The predicted octanol–water partition coefficient (Wildman–Crippen LogP) is 3.78. The Morgan fingerprint density at radius 3 is 2.61 bits per heavy atom. The van der Waals surface area contributed by atoms with Gasteiger partial charge in [-0.15, -0.1) is 0 Å². The number of nitrogens with zero attached hydrogens (tertiary/aromatic N) is 1. The third-order valence-corrected chi connectivity index (χ3v) is 4.85. The Kier molecular flexibility index (Phi) is 7.40. The van der Waals surface area contributed by atoms with Gasteiger partial charge in [0.2, 0.25) is 6.41 Å². The molecule has 1 aliphatic rings. The minimum Gasteiger partial charge on any atom is -0.446 e. The van der Waals surface area contributed by atoms with E-state index in [1.54, 1.807) is 24.9 Å². The van der Waals surface area contributed by atoms with Crippen LogP contribution in [-0.2, 0) is 9.53 Å². The van der Waals surface area contributed by atoms with Gasteiger partial charge in [0.1, 0.15) is 6.10 Å². The zero-order valence-corrected chi connectivity index (χ0v) is 17.0. The van der Waals surface area contributed by atoms with Gasteiger partial charge in [0.05, 0.1) is 11.6 Å². The molecule has 152 valence electrons. The van der Waals surface area contributed by atoms with Gasteiger partial charge < -0.3 is 20.1 Å². The van der Waals surface area contributed by atoms with E-state index in [1.165, 1.54) is 0 Å². The maximum atomic E-state index is 12.4. The fourth-order valence-corrected chi connectivity index (χ4v) is 3.37. The molecular formula is C22H30N2O4. The Hall–Kier alpha value is -2.60. The van der Waals surface area contributed by atoms with Gasteiger partial charge in [0, 0.05) is 25.6 Å². The van der Waals surface area contributed by atoms with Crippen LogP contribution < -0.4 is 5.32 Å². The van der Waals surface area contributed by atoms with E-state index in [1.807, 2.05) is 50.3 Å². The quantitative estimate of drug-likeness (QED) is 0.526. The molecule has 28 heavy (non-hydrogen) atoms. The summed E-state index contributed by atoms with van der Waals surface area (Å²) in [4.78, 5) is 24.5. The van der Waals surface area contributed by atoms with E-state index in [4.69, 9.17) is 4.74 Å². The van der Waals surface area contributed by atoms with Gasteiger partial charge in [-0.3, -0.25) is 4.79 Å². The molecule has 0 aliphatic carbocycles. The van der Waals surface area contributed by atoms with Gasteiger partial charge in [-0.1, -0.05) is 30.3 Å². The summed E-state index contributed by atoms with van der Waals surface area (Å²) < 4.78 is 5.53. The van der Waals surface area contributed by atoms with Crippen LogP contribution in [0, 0.1) is 0 Å². The van der Waals surface area contributed by atoms with Crippen LogP contribution in [0.3, 0.4) is 0 Å². The molecule has 0 saturated carbocycles. The molecule has 0 spiro atoms. The normalized spacial score (nSPS) is 19.5. The van der Waals surface area contributed by atoms with Crippen molar-refractivity contribution in [2.45, 2.75) is 58.3 Å². The van der Waals surface area contributed by atoms with Crippen molar-refractivity contribution in [3.63, 3.8) is 0 Å². The van der Waals surface area contributed by atoms with E-state index in [-0.39, 0.29) is 18.2 Å². The van der Waals surface area contributed by atoms with Crippen LogP contribution in [0.15, 0.2) is 42.6 Å². The van der Waals surface area contributed by atoms with Crippen LogP contribution in [0.2, 0.25) is 0 Å². The third kappa shape index (κ3) is 5.96. The molecule has 2 N–H and O–H groups in total. The van der Waals surface area contributed by atoms with Crippen LogP contribution in [0.4, 0.5) is 4.79 Å². The van der Waals surface area contributed by atoms with E-state index in [0.717, 1.165) is 16.7 Å². The van der Waals surface area contributed by atoms with Crippen molar-refractivity contribution in [3.05, 3.63) is 53.7 Å². The zero-order valence-electron chi connectivity index (χ0n) is 17.0. The monoisotopic (exact) mass is 386 g/mol. The summed E-state index contributed by atoms with van der Waals surface area (Å²) in [7, 11) is 0. The van der Waals surface area contributed by atoms with Gasteiger partial charge >= 0.3 is 6.09 Å². The van der Waals surface area contributed by atoms with Crippen LogP contribution in [-0.4, -0.2) is 40.8 Å². The van der Waals surface area contributed by atoms with Crippen molar-refractivity contribution in [1.82, 2.24) is 10.2 Å². The Morgan fingerprint density at radius 2 is 2.07 bits per heavy atom. The number of benzene rings is 1. The molecular weight excluding hydrogens is 356 g/mol. The number of carbonyl (C=O) groups excluding carboxylic acids is 2. The number of carbonyl (C=O) groups is 2. The van der Waals surface area contributed by atoms with Crippen molar-refractivity contribution < 1.29 is 19.4 Å².